The smallest absolute Gasteiger partial charge is 0.270 e. The summed E-state index contributed by atoms with van der Waals surface area (Å²) in [6.07, 6.45) is 6.48. The highest BCUT2D eigenvalue weighted by Crippen LogP contribution is 2.26. The number of aromatic nitrogens is 4. The minimum absolute atomic E-state index is 0.0369. The lowest BCUT2D eigenvalue weighted by atomic mass is 10.2. The summed E-state index contributed by atoms with van der Waals surface area (Å²) < 4.78 is 1.99. The largest absolute Gasteiger partial charge is 0.404 e. The number of nitrogens with zero attached hydrogens (tertiary/aromatic N) is 5. The Kier molecular flexibility index (Phi) is 7.68. The van der Waals surface area contributed by atoms with E-state index in [2.05, 4.69) is 25.6 Å². The van der Waals surface area contributed by atoms with Gasteiger partial charge in [0.25, 0.3) is 11.8 Å². The maximum Gasteiger partial charge on any atom is 0.270 e. The zero-order valence-corrected chi connectivity index (χ0v) is 20.8. The van der Waals surface area contributed by atoms with Gasteiger partial charge in [0.05, 0.1) is 16.7 Å². The number of nitrogens with one attached hydrogen (secondary N) is 2. The molecule has 0 saturated heterocycles. The van der Waals surface area contributed by atoms with Crippen molar-refractivity contribution in [1.29, 1.82) is 0 Å². The first-order valence-corrected chi connectivity index (χ1v) is 11.7. The molecule has 4 N–H and O–H groups in total. The third-order valence-corrected chi connectivity index (χ3v) is 5.46. The monoisotopic (exact) mass is 496 g/mol. The number of rotatable bonds is 8. The van der Waals surface area contributed by atoms with Crippen LogP contribution in [0.5, 0.6) is 0 Å². The van der Waals surface area contributed by atoms with Crippen molar-refractivity contribution >= 4 is 34.7 Å². The lowest BCUT2D eigenvalue weighted by Crippen LogP contribution is -2.32. The summed E-state index contributed by atoms with van der Waals surface area (Å²) in [7, 11) is 1.95. The van der Waals surface area contributed by atoms with Gasteiger partial charge in [-0.3, -0.25) is 19.6 Å². The van der Waals surface area contributed by atoms with Gasteiger partial charge in [-0.1, -0.05) is 6.07 Å². The summed E-state index contributed by atoms with van der Waals surface area (Å²) in [6, 6.07) is 14.2. The summed E-state index contributed by atoms with van der Waals surface area (Å²) in [6.45, 7) is 3.85. The van der Waals surface area contributed by atoms with Crippen LogP contribution in [0.3, 0.4) is 0 Å². The molecule has 3 aromatic heterocycles. The fraction of sp³-hybridized carbons (Fsp3) is 0.185. The van der Waals surface area contributed by atoms with E-state index >= 15 is 0 Å². The van der Waals surface area contributed by atoms with Crippen molar-refractivity contribution in [2.24, 2.45) is 17.8 Å². The number of fused-ring (bicyclic) bond motifs is 1. The van der Waals surface area contributed by atoms with Gasteiger partial charge >= 0.3 is 0 Å². The van der Waals surface area contributed by atoms with Gasteiger partial charge in [-0.2, -0.15) is 0 Å². The number of aliphatic imine (C=N–C) groups is 1. The Labute approximate surface area is 214 Å². The minimum atomic E-state index is -0.425. The molecule has 188 valence electrons. The Morgan fingerprint density at radius 2 is 1.86 bits per heavy atom. The Balaban J connectivity index is 1.43. The molecule has 10 nitrogen and oxygen atoms in total. The number of amides is 2. The van der Waals surface area contributed by atoms with Crippen LogP contribution < -0.4 is 16.4 Å². The Morgan fingerprint density at radius 3 is 2.57 bits per heavy atom. The van der Waals surface area contributed by atoms with E-state index in [0.717, 1.165) is 22.4 Å². The number of hydrogen-bond donors (Lipinski definition) is 3. The van der Waals surface area contributed by atoms with E-state index in [1.54, 1.807) is 36.8 Å². The van der Waals surface area contributed by atoms with E-state index < -0.39 is 5.91 Å². The summed E-state index contributed by atoms with van der Waals surface area (Å²) in [5.74, 6) is 0.0531. The number of aryl methyl sites for hydroxylation is 1. The molecular formula is C27H28N8O2. The number of benzene rings is 1. The zero-order valence-electron chi connectivity index (χ0n) is 20.8. The molecule has 0 fully saturated rings. The molecule has 2 amide bonds. The number of nitrogens with two attached hydrogens (primary N) is 1. The van der Waals surface area contributed by atoms with Crippen molar-refractivity contribution in [3.8, 4) is 11.4 Å². The van der Waals surface area contributed by atoms with E-state index in [-0.39, 0.29) is 29.9 Å². The van der Waals surface area contributed by atoms with Crippen molar-refractivity contribution in [3.63, 3.8) is 0 Å². The molecule has 0 aliphatic rings. The number of pyridine rings is 2. The van der Waals surface area contributed by atoms with Gasteiger partial charge in [0.2, 0.25) is 0 Å². The normalized spacial score (nSPS) is 11.8. The molecule has 37 heavy (non-hydrogen) atoms. The van der Waals surface area contributed by atoms with Gasteiger partial charge < -0.3 is 20.9 Å². The standard InChI is InChI=1S/C27H28N8O2/c1-17(2)32-27(37)23-8-4-7-22(33-23)26(36)31-15-18(13-28)14-30-20-9-10-21-24(12-20)35(3)25(34-21)19-6-5-11-29-16-19/h4-14,16-17H,15,28H2,1-3H3,(H,31,36)(H,32,37). The van der Waals surface area contributed by atoms with Gasteiger partial charge in [0.1, 0.15) is 17.2 Å². The van der Waals surface area contributed by atoms with Gasteiger partial charge in [0, 0.05) is 55.6 Å². The van der Waals surface area contributed by atoms with Gasteiger partial charge in [-0.25, -0.2) is 9.97 Å². The topological polar surface area (TPSA) is 140 Å². The molecule has 0 aliphatic heterocycles. The van der Waals surface area contributed by atoms with Gasteiger partial charge in [-0.15, -0.1) is 0 Å². The van der Waals surface area contributed by atoms with Crippen LogP contribution in [0.15, 0.2) is 77.7 Å². The molecule has 0 saturated carbocycles. The minimum Gasteiger partial charge on any atom is -0.404 e. The molecular weight excluding hydrogens is 468 g/mol. The fourth-order valence-electron chi connectivity index (χ4n) is 3.61. The third kappa shape index (κ3) is 6.04. The first-order valence-electron chi connectivity index (χ1n) is 11.7. The first-order chi connectivity index (χ1) is 17.9. The molecule has 3 heterocycles. The number of carbonyl (C=O) groups is 2. The Bertz CT molecular complexity index is 1490. The third-order valence-electron chi connectivity index (χ3n) is 5.46. The van der Waals surface area contributed by atoms with E-state index in [9.17, 15) is 9.59 Å². The molecule has 4 rings (SSSR count). The predicted molar refractivity (Wildman–Crippen MR) is 144 cm³/mol. The molecule has 0 radical (unpaired) electrons. The van der Waals surface area contributed by atoms with E-state index in [0.29, 0.717) is 11.3 Å². The van der Waals surface area contributed by atoms with Crippen molar-refractivity contribution in [2.75, 3.05) is 6.54 Å². The molecule has 4 aromatic rings. The second kappa shape index (κ2) is 11.3. The van der Waals surface area contributed by atoms with Crippen LogP contribution in [-0.4, -0.2) is 50.1 Å². The Hall–Kier alpha value is -4.86. The van der Waals surface area contributed by atoms with Crippen LogP contribution in [0.25, 0.3) is 22.4 Å². The quantitative estimate of drug-likeness (QED) is 0.320. The molecule has 10 heteroatoms. The van der Waals surface area contributed by atoms with Crippen LogP contribution in [0.1, 0.15) is 34.8 Å². The predicted octanol–water partition coefficient (Wildman–Crippen LogP) is 3.14. The summed E-state index contributed by atoms with van der Waals surface area (Å²) in [5, 5.41) is 5.52. The molecule has 0 unspecified atom stereocenters. The van der Waals surface area contributed by atoms with Crippen molar-refractivity contribution < 1.29 is 9.59 Å². The molecule has 0 bridgehead atoms. The average molecular weight is 497 g/mol. The average Bonchev–Trinajstić information content (AvgIpc) is 3.24. The van der Waals surface area contributed by atoms with Crippen molar-refractivity contribution in [2.45, 2.75) is 19.9 Å². The van der Waals surface area contributed by atoms with E-state index in [1.807, 2.05) is 55.8 Å². The highest BCUT2D eigenvalue weighted by molar-refractivity contribution is 5.97. The summed E-state index contributed by atoms with van der Waals surface area (Å²) in [4.78, 5) is 42.4. The van der Waals surface area contributed by atoms with Gasteiger partial charge in [-0.05, 0) is 56.3 Å². The van der Waals surface area contributed by atoms with E-state index in [1.165, 1.54) is 6.20 Å². The molecule has 0 atom stereocenters. The first kappa shape index (κ1) is 25.2. The second-order valence-electron chi connectivity index (χ2n) is 8.63. The number of hydrogen-bond acceptors (Lipinski definition) is 7. The van der Waals surface area contributed by atoms with Crippen LogP contribution in [0, 0.1) is 0 Å². The summed E-state index contributed by atoms with van der Waals surface area (Å²) >= 11 is 0. The summed E-state index contributed by atoms with van der Waals surface area (Å²) in [5.41, 5.74) is 10.1. The Morgan fingerprint density at radius 1 is 1.08 bits per heavy atom. The van der Waals surface area contributed by atoms with Crippen LogP contribution in [0.2, 0.25) is 0 Å². The molecule has 1 aromatic carbocycles. The highest BCUT2D eigenvalue weighted by atomic mass is 16.2. The molecule has 0 aliphatic carbocycles. The second-order valence-corrected chi connectivity index (χ2v) is 8.63. The van der Waals surface area contributed by atoms with Crippen molar-refractivity contribution in [1.82, 2.24) is 30.2 Å². The van der Waals surface area contributed by atoms with E-state index in [4.69, 9.17) is 10.7 Å². The van der Waals surface area contributed by atoms with Crippen LogP contribution in [-0.2, 0) is 7.05 Å². The van der Waals surface area contributed by atoms with Gasteiger partial charge in [0.15, 0.2) is 0 Å². The molecule has 0 spiro atoms. The van der Waals surface area contributed by atoms with Crippen LogP contribution in [0.4, 0.5) is 5.69 Å². The fourth-order valence-corrected chi connectivity index (χ4v) is 3.61. The van der Waals surface area contributed by atoms with Crippen LogP contribution >= 0.6 is 0 Å². The maximum absolute atomic E-state index is 12.6. The lowest BCUT2D eigenvalue weighted by molar-refractivity contribution is 0.0937. The number of carbonyl (C=O) groups excluding carboxylic acids is 2. The van der Waals surface area contributed by atoms with Crippen molar-refractivity contribution in [3.05, 3.63) is 84.1 Å². The SMILES string of the molecule is CC(C)NC(=O)c1cccc(C(=O)NCC(C=Nc2ccc3nc(-c4cccnc4)n(C)c3c2)=CN)n1. The number of imidazole rings is 1. The maximum atomic E-state index is 12.6. The highest BCUT2D eigenvalue weighted by Gasteiger charge is 2.13. The zero-order chi connectivity index (χ0) is 26.4. The lowest BCUT2D eigenvalue weighted by Gasteiger charge is -2.09.